The van der Waals surface area contributed by atoms with E-state index in [1.54, 1.807) is 0 Å². The fraction of sp³-hybridized carbons (Fsp3) is 0.188. The van der Waals surface area contributed by atoms with Crippen LogP contribution >= 0.6 is 0 Å². The van der Waals surface area contributed by atoms with Crippen LogP contribution in [0.25, 0.3) is 22.6 Å². The van der Waals surface area contributed by atoms with Crippen LogP contribution in [-0.2, 0) is 0 Å². The van der Waals surface area contributed by atoms with Crippen molar-refractivity contribution in [3.05, 3.63) is 52.1 Å². The summed E-state index contributed by atoms with van der Waals surface area (Å²) < 4.78 is 32.4. The van der Waals surface area contributed by atoms with Gasteiger partial charge in [-0.05, 0) is 24.6 Å². The van der Waals surface area contributed by atoms with Gasteiger partial charge >= 0.3 is 0 Å². The quantitative estimate of drug-likeness (QED) is 0.549. The predicted octanol–water partition coefficient (Wildman–Crippen LogP) is 4.50. The number of rotatable bonds is 5. The Morgan fingerprint density at radius 1 is 1.29 bits per heavy atom. The summed E-state index contributed by atoms with van der Waals surface area (Å²) in [6.45, 7) is 2.60. The number of fused-ring (bicyclic) bond motifs is 1. The fourth-order valence-corrected chi connectivity index (χ4v) is 2.29. The first-order valence-electron chi connectivity index (χ1n) is 7.28. The molecular formula is C16H13F2N3O3. The number of non-ortho nitro benzene ring substituents is 1. The van der Waals surface area contributed by atoms with Crippen LogP contribution in [0.5, 0.6) is 0 Å². The number of aromatic nitrogens is 1. The van der Waals surface area contributed by atoms with Crippen molar-refractivity contribution in [1.29, 1.82) is 0 Å². The second-order valence-electron chi connectivity index (χ2n) is 5.14. The number of benzene rings is 2. The molecule has 0 aliphatic rings. The van der Waals surface area contributed by atoms with E-state index in [-0.39, 0.29) is 22.7 Å². The highest BCUT2D eigenvalue weighted by atomic mass is 19.2. The number of nitro groups is 1. The molecule has 124 valence electrons. The first-order valence-corrected chi connectivity index (χ1v) is 7.28. The number of nitrogens with zero attached hydrogens (tertiary/aromatic N) is 2. The van der Waals surface area contributed by atoms with E-state index >= 15 is 0 Å². The third kappa shape index (κ3) is 2.78. The Bertz CT molecular complexity index is 924. The fourth-order valence-electron chi connectivity index (χ4n) is 2.29. The molecule has 0 atom stereocenters. The molecule has 6 nitrogen and oxygen atoms in total. The van der Waals surface area contributed by atoms with Crippen molar-refractivity contribution >= 4 is 22.5 Å². The van der Waals surface area contributed by atoms with Crippen molar-refractivity contribution in [2.75, 3.05) is 11.9 Å². The lowest BCUT2D eigenvalue weighted by Gasteiger charge is -2.08. The molecule has 0 amide bonds. The number of hydrogen-bond donors (Lipinski definition) is 1. The van der Waals surface area contributed by atoms with Gasteiger partial charge < -0.3 is 9.73 Å². The summed E-state index contributed by atoms with van der Waals surface area (Å²) in [5.74, 6) is -2.20. The van der Waals surface area contributed by atoms with Crippen LogP contribution in [0, 0.1) is 21.7 Å². The van der Waals surface area contributed by atoms with Gasteiger partial charge in [0.15, 0.2) is 11.4 Å². The molecular weight excluding hydrogens is 320 g/mol. The highest BCUT2D eigenvalue weighted by molar-refractivity contribution is 5.81. The van der Waals surface area contributed by atoms with Crippen molar-refractivity contribution < 1.29 is 18.1 Å². The summed E-state index contributed by atoms with van der Waals surface area (Å²) in [6.07, 6.45) is 0.837. The normalized spacial score (nSPS) is 11.0. The Hall–Kier alpha value is -3.03. The van der Waals surface area contributed by atoms with Crippen molar-refractivity contribution in [2.45, 2.75) is 13.3 Å². The van der Waals surface area contributed by atoms with Gasteiger partial charge in [0.05, 0.1) is 10.5 Å². The molecule has 3 rings (SSSR count). The first kappa shape index (κ1) is 15.9. The van der Waals surface area contributed by atoms with Crippen molar-refractivity contribution in [3.8, 4) is 11.5 Å². The summed E-state index contributed by atoms with van der Waals surface area (Å²) in [7, 11) is 0. The summed E-state index contributed by atoms with van der Waals surface area (Å²) in [5, 5.41) is 14.1. The average molecular weight is 333 g/mol. The maximum absolute atomic E-state index is 13.8. The maximum Gasteiger partial charge on any atom is 0.270 e. The molecule has 0 saturated carbocycles. The monoisotopic (exact) mass is 333 g/mol. The van der Waals surface area contributed by atoms with Gasteiger partial charge in [-0.15, -0.1) is 0 Å². The number of nitrogens with one attached hydrogen (secondary N) is 1. The SMILES string of the molecule is CCCNc1ccc([N+](=O)[O-])cc1-c1nc2ccc(F)c(F)c2o1. The molecule has 0 aliphatic carbocycles. The van der Waals surface area contributed by atoms with E-state index < -0.39 is 16.6 Å². The zero-order valence-corrected chi connectivity index (χ0v) is 12.7. The summed E-state index contributed by atoms with van der Waals surface area (Å²) >= 11 is 0. The minimum absolute atomic E-state index is 0.0168. The van der Waals surface area contributed by atoms with Gasteiger partial charge in [-0.25, -0.2) is 9.37 Å². The minimum atomic E-state index is -1.14. The zero-order chi connectivity index (χ0) is 17.3. The van der Waals surface area contributed by atoms with Crippen LogP contribution in [0.3, 0.4) is 0 Å². The van der Waals surface area contributed by atoms with Crippen molar-refractivity contribution in [3.63, 3.8) is 0 Å². The molecule has 8 heteroatoms. The molecule has 0 bridgehead atoms. The molecule has 2 aromatic carbocycles. The molecule has 24 heavy (non-hydrogen) atoms. The van der Waals surface area contributed by atoms with E-state index in [1.165, 1.54) is 24.3 Å². The molecule has 0 saturated heterocycles. The third-order valence-electron chi connectivity index (χ3n) is 3.46. The largest absolute Gasteiger partial charge is 0.433 e. The summed E-state index contributed by atoms with van der Waals surface area (Å²) in [5.41, 5.74) is 0.541. The lowest BCUT2D eigenvalue weighted by molar-refractivity contribution is -0.384. The number of nitro benzene ring substituents is 1. The molecule has 1 heterocycles. The van der Waals surface area contributed by atoms with E-state index in [2.05, 4.69) is 10.3 Å². The zero-order valence-electron chi connectivity index (χ0n) is 12.7. The van der Waals surface area contributed by atoms with Crippen LogP contribution < -0.4 is 5.32 Å². The van der Waals surface area contributed by atoms with Crippen LogP contribution in [0.15, 0.2) is 34.7 Å². The average Bonchev–Trinajstić information content (AvgIpc) is 3.01. The van der Waals surface area contributed by atoms with Crippen molar-refractivity contribution in [1.82, 2.24) is 4.98 Å². The topological polar surface area (TPSA) is 81.2 Å². The molecule has 0 spiro atoms. The Balaban J connectivity index is 2.17. The Morgan fingerprint density at radius 2 is 2.08 bits per heavy atom. The number of halogens is 2. The molecule has 1 N–H and O–H groups in total. The first-order chi connectivity index (χ1) is 11.5. The standard InChI is InChI=1S/C16H13F2N3O3/c1-2-7-19-12-5-3-9(21(22)23)8-10(12)16-20-13-6-4-11(17)14(18)15(13)24-16/h3-6,8,19H,2,7H2,1H3. The Kier molecular flexibility index (Phi) is 4.11. The van der Waals surface area contributed by atoms with E-state index in [4.69, 9.17) is 4.42 Å². The van der Waals surface area contributed by atoms with Gasteiger partial charge in [-0.2, -0.15) is 4.39 Å². The van der Waals surface area contributed by atoms with Gasteiger partial charge in [-0.3, -0.25) is 10.1 Å². The van der Waals surface area contributed by atoms with Crippen LogP contribution in [0.1, 0.15) is 13.3 Å². The van der Waals surface area contributed by atoms with Gasteiger partial charge in [-0.1, -0.05) is 6.92 Å². The van der Waals surface area contributed by atoms with Crippen LogP contribution in [0.4, 0.5) is 20.2 Å². The number of oxazole rings is 1. The van der Waals surface area contributed by atoms with E-state index in [0.717, 1.165) is 12.5 Å². The number of anilines is 1. The van der Waals surface area contributed by atoms with E-state index in [9.17, 15) is 18.9 Å². The summed E-state index contributed by atoms with van der Waals surface area (Å²) in [6, 6.07) is 6.42. The second kappa shape index (κ2) is 6.23. The van der Waals surface area contributed by atoms with Gasteiger partial charge in [0.2, 0.25) is 11.7 Å². The smallest absolute Gasteiger partial charge is 0.270 e. The Morgan fingerprint density at radius 3 is 2.79 bits per heavy atom. The maximum atomic E-state index is 13.8. The second-order valence-corrected chi connectivity index (χ2v) is 5.14. The van der Waals surface area contributed by atoms with E-state index in [1.807, 2.05) is 6.92 Å². The predicted molar refractivity (Wildman–Crippen MR) is 84.8 cm³/mol. The van der Waals surface area contributed by atoms with Gasteiger partial charge in [0.25, 0.3) is 5.69 Å². The molecule has 0 unspecified atom stereocenters. The molecule has 1 aromatic heterocycles. The summed E-state index contributed by atoms with van der Waals surface area (Å²) in [4.78, 5) is 14.6. The van der Waals surface area contributed by atoms with Gasteiger partial charge in [0.1, 0.15) is 5.52 Å². The van der Waals surface area contributed by atoms with Crippen LogP contribution in [0.2, 0.25) is 0 Å². The molecule has 0 fully saturated rings. The van der Waals surface area contributed by atoms with Crippen molar-refractivity contribution in [2.24, 2.45) is 0 Å². The molecule has 3 aromatic rings. The van der Waals surface area contributed by atoms with Crippen LogP contribution in [-0.4, -0.2) is 16.5 Å². The highest BCUT2D eigenvalue weighted by Crippen LogP contribution is 2.34. The molecule has 0 radical (unpaired) electrons. The lowest BCUT2D eigenvalue weighted by Crippen LogP contribution is -2.02. The van der Waals surface area contributed by atoms with E-state index in [0.29, 0.717) is 17.8 Å². The Labute approximate surface area is 135 Å². The number of hydrogen-bond acceptors (Lipinski definition) is 5. The van der Waals surface area contributed by atoms with Gasteiger partial charge in [0, 0.05) is 24.4 Å². The lowest BCUT2D eigenvalue weighted by atomic mass is 10.1. The molecule has 0 aliphatic heterocycles. The third-order valence-corrected chi connectivity index (χ3v) is 3.46. The highest BCUT2D eigenvalue weighted by Gasteiger charge is 2.19. The minimum Gasteiger partial charge on any atom is -0.433 e.